The molecule has 8 nitrogen and oxygen atoms in total. The summed E-state index contributed by atoms with van der Waals surface area (Å²) in [4.78, 5) is 24.3. The third-order valence-corrected chi connectivity index (χ3v) is 4.31. The van der Waals surface area contributed by atoms with Crippen LogP contribution in [0.4, 0.5) is 5.69 Å². The van der Waals surface area contributed by atoms with Crippen LogP contribution in [0.2, 0.25) is 0 Å². The van der Waals surface area contributed by atoms with E-state index in [9.17, 15) is 9.59 Å². The van der Waals surface area contributed by atoms with E-state index in [2.05, 4.69) is 38.9 Å². The van der Waals surface area contributed by atoms with Crippen LogP contribution in [0.15, 0.2) is 36.7 Å². The van der Waals surface area contributed by atoms with Gasteiger partial charge in [0.25, 0.3) is 0 Å². The number of carbonyl (C=O) groups excluding carboxylic acids is 2. The van der Waals surface area contributed by atoms with Gasteiger partial charge in [-0.15, -0.1) is 34.9 Å². The van der Waals surface area contributed by atoms with Crippen molar-refractivity contribution in [2.75, 3.05) is 5.32 Å². The number of aromatic nitrogens is 3. The second kappa shape index (κ2) is 9.63. The number of benzene rings is 1. The van der Waals surface area contributed by atoms with Gasteiger partial charge in [0.1, 0.15) is 5.69 Å². The Balaban J connectivity index is 0.00000300. The third-order valence-electron chi connectivity index (χ3n) is 4.31. The zero-order chi connectivity index (χ0) is 20.3. The van der Waals surface area contributed by atoms with Crippen LogP contribution in [0, 0.1) is 6.07 Å². The van der Waals surface area contributed by atoms with E-state index in [1.807, 2.05) is 33.0 Å². The molecule has 0 spiro atoms. The Kier molecular flexibility index (Phi) is 7.71. The number of anilines is 1. The molecule has 151 valence electrons. The number of nitrogens with one attached hydrogen (secondary N) is 2. The summed E-state index contributed by atoms with van der Waals surface area (Å²) in [6, 6.07) is 7.51. The van der Waals surface area contributed by atoms with Crippen molar-refractivity contribution in [3.63, 3.8) is 0 Å². The first-order valence-electron chi connectivity index (χ1n) is 9.14. The summed E-state index contributed by atoms with van der Waals surface area (Å²) in [5, 5.41) is 18.1. The number of hydrogen-bond donors (Lipinski definition) is 2. The van der Waals surface area contributed by atoms with Crippen LogP contribution in [0.1, 0.15) is 49.7 Å². The molecule has 1 radical (unpaired) electrons. The van der Waals surface area contributed by atoms with E-state index in [0.29, 0.717) is 36.3 Å². The monoisotopic (exact) mass is 469 g/mol. The number of nitrogens with zero attached hydrogens (tertiary/aromatic N) is 4. The first-order chi connectivity index (χ1) is 13.2. The van der Waals surface area contributed by atoms with Crippen molar-refractivity contribution in [1.29, 1.82) is 0 Å². The first kappa shape index (κ1) is 23.2. The largest absolute Gasteiger partial charge is 0.684 e. The predicted octanol–water partition coefficient (Wildman–Crippen LogP) is 2.75. The van der Waals surface area contributed by atoms with Crippen molar-refractivity contribution in [2.45, 2.75) is 51.7 Å². The van der Waals surface area contributed by atoms with Gasteiger partial charge in [-0.25, -0.2) is 4.68 Å². The van der Waals surface area contributed by atoms with Crippen molar-refractivity contribution >= 4 is 17.5 Å². The summed E-state index contributed by atoms with van der Waals surface area (Å²) in [6.07, 6.45) is 2.98. The number of carbonyl (C=O) groups is 2. The predicted molar refractivity (Wildman–Crippen MR) is 106 cm³/mol. The Bertz CT molecular complexity index is 902. The molecule has 29 heavy (non-hydrogen) atoms. The Labute approximate surface area is 195 Å². The van der Waals surface area contributed by atoms with Gasteiger partial charge in [-0.1, -0.05) is 23.9 Å². The molecule has 0 bridgehead atoms. The molecule has 3 rings (SSSR count). The third kappa shape index (κ3) is 6.21. The molecule has 2 N–H and O–H groups in total. The minimum absolute atomic E-state index is 0. The maximum Gasteiger partial charge on any atom is 0.209 e. The molecule has 0 saturated carbocycles. The van der Waals surface area contributed by atoms with Crippen LogP contribution in [0.3, 0.4) is 0 Å². The molecule has 2 aromatic rings. The zero-order valence-electron chi connectivity index (χ0n) is 16.9. The van der Waals surface area contributed by atoms with Crippen LogP contribution in [-0.2, 0) is 49.6 Å². The van der Waals surface area contributed by atoms with Crippen LogP contribution in [0.5, 0.6) is 0 Å². The summed E-state index contributed by atoms with van der Waals surface area (Å²) in [5.74, 6) is -0.754. The van der Waals surface area contributed by atoms with Gasteiger partial charge in [-0.2, -0.15) is 0 Å². The van der Waals surface area contributed by atoms with E-state index >= 15 is 0 Å². The molecule has 1 aliphatic heterocycles. The molecule has 1 aliphatic rings. The van der Waals surface area contributed by atoms with Gasteiger partial charge in [0.05, 0.1) is 18.3 Å². The SMILES string of the molecule is C=C1CCC([N-]C(=O)c2[c-]c(NCc3cn(C(C)(C)C)nn3)ccc2)C(=O)N1.[Y]. The van der Waals surface area contributed by atoms with Gasteiger partial charge in [0, 0.05) is 38.4 Å². The van der Waals surface area contributed by atoms with E-state index in [1.165, 1.54) is 0 Å². The molecular formula is C20H24N6O2Y-2. The van der Waals surface area contributed by atoms with Gasteiger partial charge >= 0.3 is 0 Å². The molecule has 1 atom stereocenters. The quantitative estimate of drug-likeness (QED) is 0.656. The van der Waals surface area contributed by atoms with Crippen LogP contribution in [-0.4, -0.2) is 32.9 Å². The van der Waals surface area contributed by atoms with Crippen LogP contribution >= 0.6 is 0 Å². The normalized spacial score (nSPS) is 16.6. The van der Waals surface area contributed by atoms with E-state index in [4.69, 9.17) is 0 Å². The van der Waals surface area contributed by atoms with Gasteiger partial charge in [-0.05, 0) is 39.1 Å². The fourth-order valence-electron chi connectivity index (χ4n) is 2.69. The standard InChI is InChI=1S/C20H25N6O2.Y/c1-13-8-9-17(19(28)22-13)23-18(27)14-6-5-7-15(10-14)21-11-16-12-26(25-24-16)20(2,3)4;/h5-7,12,17,21H,1,8-9,11H2,2-4H3,(H2,22,23,27,28);/q-1;/p-1. The van der Waals surface area contributed by atoms with E-state index in [1.54, 1.807) is 16.8 Å². The van der Waals surface area contributed by atoms with E-state index in [-0.39, 0.29) is 44.2 Å². The van der Waals surface area contributed by atoms with Crippen molar-refractivity contribution < 1.29 is 42.3 Å². The van der Waals surface area contributed by atoms with Gasteiger partial charge in [0.2, 0.25) is 5.91 Å². The minimum Gasteiger partial charge on any atom is -0.684 e. The average molecular weight is 469 g/mol. The van der Waals surface area contributed by atoms with Crippen LogP contribution < -0.4 is 10.6 Å². The number of amides is 2. The molecule has 2 amide bonds. The molecule has 1 aromatic heterocycles. The van der Waals surface area contributed by atoms with Gasteiger partial charge in [-0.3, -0.25) is 4.79 Å². The molecule has 0 aliphatic carbocycles. The maximum absolute atomic E-state index is 12.4. The van der Waals surface area contributed by atoms with Crippen LogP contribution in [0.25, 0.3) is 5.32 Å². The smallest absolute Gasteiger partial charge is 0.209 e. The van der Waals surface area contributed by atoms with Crippen molar-refractivity contribution in [3.8, 4) is 0 Å². The number of allylic oxidation sites excluding steroid dienone is 1. The van der Waals surface area contributed by atoms with Gasteiger partial charge < -0.3 is 20.7 Å². The Morgan fingerprint density at radius 1 is 1.45 bits per heavy atom. The summed E-state index contributed by atoms with van der Waals surface area (Å²) in [5.41, 5.74) is 2.26. The van der Waals surface area contributed by atoms with Gasteiger partial charge in [0.15, 0.2) is 0 Å². The van der Waals surface area contributed by atoms with E-state index < -0.39 is 11.9 Å². The summed E-state index contributed by atoms with van der Waals surface area (Å²) in [7, 11) is 0. The number of rotatable bonds is 5. The van der Waals surface area contributed by atoms with Crippen molar-refractivity contribution in [3.05, 3.63) is 59.3 Å². The molecule has 1 saturated heterocycles. The number of piperidine rings is 1. The second-order valence-corrected chi connectivity index (χ2v) is 7.74. The first-order valence-corrected chi connectivity index (χ1v) is 9.14. The fourth-order valence-corrected chi connectivity index (χ4v) is 2.69. The Hall–Kier alpha value is -2.06. The topological polar surface area (TPSA) is 103 Å². The molecule has 1 fully saturated rings. The second-order valence-electron chi connectivity index (χ2n) is 7.74. The Morgan fingerprint density at radius 2 is 2.21 bits per heavy atom. The molecule has 9 heteroatoms. The van der Waals surface area contributed by atoms with Crippen molar-refractivity contribution in [1.82, 2.24) is 20.3 Å². The average Bonchev–Trinajstić information content (AvgIpc) is 3.12. The molecule has 1 unspecified atom stereocenters. The maximum atomic E-state index is 12.4. The summed E-state index contributed by atoms with van der Waals surface area (Å²) in [6.45, 7) is 10.3. The summed E-state index contributed by atoms with van der Waals surface area (Å²) >= 11 is 0. The Morgan fingerprint density at radius 3 is 2.86 bits per heavy atom. The van der Waals surface area contributed by atoms with Crippen molar-refractivity contribution in [2.24, 2.45) is 0 Å². The molecule has 2 heterocycles. The fraction of sp³-hybridized carbons (Fsp3) is 0.400. The minimum atomic E-state index is -0.685. The molecule has 1 aromatic carbocycles. The molecular weight excluding hydrogens is 445 g/mol. The number of hydrogen-bond acceptors (Lipinski definition) is 5. The summed E-state index contributed by atoms with van der Waals surface area (Å²) < 4.78 is 1.80. The zero-order valence-corrected chi connectivity index (χ0v) is 19.7. The van der Waals surface area contributed by atoms with E-state index in [0.717, 1.165) is 5.69 Å².